The van der Waals surface area contributed by atoms with Crippen molar-refractivity contribution in [2.75, 3.05) is 43.9 Å². The van der Waals surface area contributed by atoms with Crippen molar-refractivity contribution in [1.82, 2.24) is 24.8 Å². The second-order valence-corrected chi connectivity index (χ2v) is 8.97. The molecule has 0 saturated carbocycles. The summed E-state index contributed by atoms with van der Waals surface area (Å²) in [6.45, 7) is 3.21. The Kier molecular flexibility index (Phi) is 6.84. The van der Waals surface area contributed by atoms with Crippen molar-refractivity contribution in [3.05, 3.63) is 30.2 Å². The number of nitrogens with zero attached hydrogens (tertiary/aromatic N) is 5. The van der Waals surface area contributed by atoms with Crippen LogP contribution in [0.1, 0.15) is 25.3 Å². The number of piperidine rings is 1. The van der Waals surface area contributed by atoms with Gasteiger partial charge in [0.2, 0.25) is 5.95 Å². The first-order valence-electron chi connectivity index (χ1n) is 11.3. The van der Waals surface area contributed by atoms with E-state index < -0.39 is 17.8 Å². The van der Waals surface area contributed by atoms with Gasteiger partial charge in [-0.2, -0.15) is 13.2 Å². The molecule has 3 aromatic rings. The zero-order valence-corrected chi connectivity index (χ0v) is 19.7. The minimum atomic E-state index is -4.51. The molecule has 4 heterocycles. The van der Waals surface area contributed by atoms with E-state index in [9.17, 15) is 23.1 Å². The van der Waals surface area contributed by atoms with Gasteiger partial charge in [0.25, 0.3) is 5.91 Å². The van der Waals surface area contributed by atoms with E-state index in [1.807, 2.05) is 14.1 Å². The molecule has 188 valence electrons. The van der Waals surface area contributed by atoms with Crippen molar-refractivity contribution in [2.24, 2.45) is 5.92 Å². The third-order valence-corrected chi connectivity index (χ3v) is 6.20. The molecule has 1 saturated heterocycles. The summed E-state index contributed by atoms with van der Waals surface area (Å²) in [5.41, 5.74) is 1.14. The fourth-order valence-electron chi connectivity index (χ4n) is 4.20. The van der Waals surface area contributed by atoms with Crippen LogP contribution in [0.15, 0.2) is 24.7 Å². The second kappa shape index (κ2) is 9.68. The van der Waals surface area contributed by atoms with Gasteiger partial charge in [0, 0.05) is 57.1 Å². The quantitative estimate of drug-likeness (QED) is 0.486. The number of carbonyl (C=O) groups excluding carboxylic acids is 1. The van der Waals surface area contributed by atoms with E-state index >= 15 is 0 Å². The predicted octanol–water partition coefficient (Wildman–Crippen LogP) is 3.14. The van der Waals surface area contributed by atoms with Crippen molar-refractivity contribution in [2.45, 2.75) is 32.0 Å². The average Bonchev–Trinajstić information content (AvgIpc) is 3.25. The molecular formula is C23H28F3N7O2. The monoisotopic (exact) mass is 491 g/mol. The first-order chi connectivity index (χ1) is 16.5. The Bertz CT molecular complexity index is 1200. The van der Waals surface area contributed by atoms with Crippen molar-refractivity contribution < 1.29 is 23.1 Å². The Morgan fingerprint density at radius 2 is 2.00 bits per heavy atom. The van der Waals surface area contributed by atoms with Gasteiger partial charge in [-0.15, -0.1) is 0 Å². The number of pyridine rings is 1. The molecule has 4 rings (SSSR count). The molecule has 1 aliphatic rings. The number of aromatic amines is 1. The van der Waals surface area contributed by atoms with Gasteiger partial charge in [-0.25, -0.2) is 15.0 Å². The van der Waals surface area contributed by atoms with Crippen molar-refractivity contribution in [3.63, 3.8) is 0 Å². The van der Waals surface area contributed by atoms with Gasteiger partial charge in [-0.1, -0.05) is 0 Å². The molecule has 0 bridgehead atoms. The number of rotatable bonds is 6. The first-order valence-corrected chi connectivity index (χ1v) is 11.3. The fourth-order valence-corrected chi connectivity index (χ4v) is 4.20. The van der Waals surface area contributed by atoms with Crippen LogP contribution in [-0.4, -0.2) is 75.7 Å². The number of aromatic nitrogens is 4. The zero-order valence-electron chi connectivity index (χ0n) is 19.7. The highest BCUT2D eigenvalue weighted by Crippen LogP contribution is 2.36. The number of fused-ring (bicyclic) bond motifs is 1. The number of amides is 1. The summed E-state index contributed by atoms with van der Waals surface area (Å²) in [5, 5.41) is 13.0. The lowest BCUT2D eigenvalue weighted by Gasteiger charge is -2.32. The Labute approximate surface area is 200 Å². The summed E-state index contributed by atoms with van der Waals surface area (Å²) in [6, 6.07) is 1.07. The summed E-state index contributed by atoms with van der Waals surface area (Å²) in [4.78, 5) is 31.3. The standard InChI is InChI=1S/C23H28F3N7O2/c1-13(34)21(35)33-6-4-14(5-7-33)9-29-22-30-12-18(32(2)3)19(31-22)17-11-28-20-16(17)8-15(10-27-20)23(24,25)26/h8,10-14,34H,4-7,9H2,1-3H3,(H,27,28)(H,29,30,31)/t13-/m0/s1. The number of hydrogen-bond acceptors (Lipinski definition) is 7. The smallest absolute Gasteiger partial charge is 0.384 e. The Hall–Kier alpha value is -3.41. The number of aliphatic hydroxyl groups excluding tert-OH is 1. The summed E-state index contributed by atoms with van der Waals surface area (Å²) in [7, 11) is 3.62. The van der Waals surface area contributed by atoms with Gasteiger partial charge in [0.05, 0.1) is 17.4 Å². The fraction of sp³-hybridized carbons (Fsp3) is 0.478. The van der Waals surface area contributed by atoms with Crippen LogP contribution in [0.4, 0.5) is 24.8 Å². The van der Waals surface area contributed by atoms with E-state index in [2.05, 4.69) is 25.3 Å². The molecule has 1 aliphatic heterocycles. The number of H-pyrrole nitrogens is 1. The summed E-state index contributed by atoms with van der Waals surface area (Å²) in [6.07, 6.45) is 0.0975. The third kappa shape index (κ3) is 5.31. The molecular weight excluding hydrogens is 463 g/mol. The zero-order chi connectivity index (χ0) is 25.3. The maximum atomic E-state index is 13.3. The lowest BCUT2D eigenvalue weighted by Crippen LogP contribution is -2.43. The molecule has 1 amide bonds. The van der Waals surface area contributed by atoms with Crippen molar-refractivity contribution in [3.8, 4) is 11.3 Å². The highest BCUT2D eigenvalue weighted by Gasteiger charge is 2.32. The molecule has 35 heavy (non-hydrogen) atoms. The maximum Gasteiger partial charge on any atom is 0.417 e. The van der Waals surface area contributed by atoms with Crippen LogP contribution in [0.25, 0.3) is 22.3 Å². The molecule has 3 N–H and O–H groups in total. The van der Waals surface area contributed by atoms with E-state index in [4.69, 9.17) is 0 Å². The van der Waals surface area contributed by atoms with E-state index in [1.165, 1.54) is 6.92 Å². The molecule has 3 aromatic heterocycles. The van der Waals surface area contributed by atoms with Crippen LogP contribution in [0.3, 0.4) is 0 Å². The Morgan fingerprint density at radius 1 is 1.29 bits per heavy atom. The van der Waals surface area contributed by atoms with Gasteiger partial charge < -0.3 is 25.2 Å². The molecule has 1 atom stereocenters. The molecule has 0 aliphatic carbocycles. The topological polar surface area (TPSA) is 110 Å². The van der Waals surface area contributed by atoms with E-state index in [0.29, 0.717) is 59.5 Å². The van der Waals surface area contributed by atoms with Crippen LogP contribution in [0.2, 0.25) is 0 Å². The third-order valence-electron chi connectivity index (χ3n) is 6.20. The number of nitrogens with one attached hydrogen (secondary N) is 2. The number of aliphatic hydroxyl groups is 1. The predicted molar refractivity (Wildman–Crippen MR) is 126 cm³/mol. The van der Waals surface area contributed by atoms with Gasteiger partial charge in [-0.05, 0) is 31.7 Å². The second-order valence-electron chi connectivity index (χ2n) is 8.97. The van der Waals surface area contributed by atoms with Crippen LogP contribution in [0, 0.1) is 5.92 Å². The largest absolute Gasteiger partial charge is 0.417 e. The van der Waals surface area contributed by atoms with E-state index in [-0.39, 0.29) is 5.91 Å². The highest BCUT2D eigenvalue weighted by atomic mass is 19.4. The van der Waals surface area contributed by atoms with Gasteiger partial charge in [0.1, 0.15) is 17.4 Å². The van der Waals surface area contributed by atoms with Crippen molar-refractivity contribution >= 4 is 28.6 Å². The SMILES string of the molecule is C[C@H](O)C(=O)N1CCC(CNc2ncc(N(C)C)c(-c3c[nH]c4ncc(C(F)(F)F)cc34)n2)CC1. The average molecular weight is 492 g/mol. The van der Waals surface area contributed by atoms with Gasteiger partial charge in [-0.3, -0.25) is 4.79 Å². The molecule has 0 spiro atoms. The van der Waals surface area contributed by atoms with Crippen LogP contribution in [0.5, 0.6) is 0 Å². The Morgan fingerprint density at radius 3 is 2.63 bits per heavy atom. The van der Waals surface area contributed by atoms with Crippen LogP contribution < -0.4 is 10.2 Å². The lowest BCUT2D eigenvalue weighted by atomic mass is 9.96. The first kappa shape index (κ1) is 24.7. The van der Waals surface area contributed by atoms with E-state index in [0.717, 1.165) is 25.1 Å². The number of anilines is 2. The Balaban J connectivity index is 1.55. The number of likely N-dealkylation sites (tertiary alicyclic amines) is 1. The van der Waals surface area contributed by atoms with Gasteiger partial charge in [0.15, 0.2) is 0 Å². The molecule has 9 nitrogen and oxygen atoms in total. The number of hydrogen-bond donors (Lipinski definition) is 3. The van der Waals surface area contributed by atoms with E-state index in [1.54, 1.807) is 22.2 Å². The minimum Gasteiger partial charge on any atom is -0.384 e. The van der Waals surface area contributed by atoms with Gasteiger partial charge >= 0.3 is 6.18 Å². The minimum absolute atomic E-state index is 0.259. The molecule has 1 fully saturated rings. The van der Waals surface area contributed by atoms with Crippen LogP contribution >= 0.6 is 0 Å². The summed E-state index contributed by atoms with van der Waals surface area (Å²) >= 11 is 0. The number of carbonyl (C=O) groups is 1. The highest BCUT2D eigenvalue weighted by molar-refractivity contribution is 5.96. The maximum absolute atomic E-state index is 13.3. The summed E-state index contributed by atoms with van der Waals surface area (Å²) in [5.74, 6) is 0.396. The molecule has 0 radical (unpaired) electrons. The van der Waals surface area contributed by atoms with Crippen molar-refractivity contribution in [1.29, 1.82) is 0 Å². The normalized spacial score (nSPS) is 15.9. The lowest BCUT2D eigenvalue weighted by molar-refractivity contribution is -0.140. The molecule has 0 aromatic carbocycles. The number of alkyl halides is 3. The molecule has 12 heteroatoms. The number of halogens is 3. The summed E-state index contributed by atoms with van der Waals surface area (Å²) < 4.78 is 39.9. The van der Waals surface area contributed by atoms with Crippen LogP contribution in [-0.2, 0) is 11.0 Å². The molecule has 0 unspecified atom stereocenters.